The SMILES string of the molecule is CCC1(C)CN(CCN2CCSCC2)C(C(C)C)CN1. The maximum atomic E-state index is 3.79. The van der Waals surface area contributed by atoms with Crippen molar-refractivity contribution in [2.75, 3.05) is 50.8 Å². The molecule has 0 aromatic heterocycles. The minimum Gasteiger partial charge on any atom is -0.309 e. The van der Waals surface area contributed by atoms with Gasteiger partial charge in [0.2, 0.25) is 0 Å². The topological polar surface area (TPSA) is 18.5 Å². The van der Waals surface area contributed by atoms with E-state index in [9.17, 15) is 0 Å². The molecule has 20 heavy (non-hydrogen) atoms. The van der Waals surface area contributed by atoms with Crippen molar-refractivity contribution in [2.24, 2.45) is 5.92 Å². The summed E-state index contributed by atoms with van der Waals surface area (Å²) in [4.78, 5) is 5.41. The lowest BCUT2D eigenvalue weighted by Gasteiger charge is -2.48. The Bertz CT molecular complexity index is 291. The van der Waals surface area contributed by atoms with E-state index >= 15 is 0 Å². The molecule has 2 unspecified atom stereocenters. The Kier molecular flexibility index (Phi) is 6.21. The number of thioether (sulfide) groups is 1. The van der Waals surface area contributed by atoms with Crippen molar-refractivity contribution in [1.82, 2.24) is 15.1 Å². The van der Waals surface area contributed by atoms with Crippen molar-refractivity contribution in [1.29, 1.82) is 0 Å². The van der Waals surface area contributed by atoms with E-state index < -0.39 is 0 Å². The molecule has 0 aromatic carbocycles. The molecule has 3 nitrogen and oxygen atoms in total. The summed E-state index contributed by atoms with van der Waals surface area (Å²) < 4.78 is 0. The van der Waals surface area contributed by atoms with Crippen LogP contribution in [0.2, 0.25) is 0 Å². The third kappa shape index (κ3) is 4.36. The largest absolute Gasteiger partial charge is 0.309 e. The van der Waals surface area contributed by atoms with Crippen molar-refractivity contribution < 1.29 is 0 Å². The van der Waals surface area contributed by atoms with Gasteiger partial charge in [-0.15, -0.1) is 0 Å². The Labute approximate surface area is 129 Å². The summed E-state index contributed by atoms with van der Waals surface area (Å²) in [6.45, 7) is 16.8. The van der Waals surface area contributed by atoms with Crippen LogP contribution in [0.5, 0.6) is 0 Å². The Morgan fingerprint density at radius 2 is 1.95 bits per heavy atom. The number of nitrogens with zero attached hydrogens (tertiary/aromatic N) is 2. The highest BCUT2D eigenvalue weighted by Crippen LogP contribution is 2.22. The quantitative estimate of drug-likeness (QED) is 0.838. The highest BCUT2D eigenvalue weighted by Gasteiger charge is 2.35. The fourth-order valence-electron chi connectivity index (χ4n) is 3.34. The summed E-state index contributed by atoms with van der Waals surface area (Å²) in [5.41, 5.74) is 0.309. The van der Waals surface area contributed by atoms with Gasteiger partial charge in [-0.05, 0) is 19.3 Å². The van der Waals surface area contributed by atoms with Crippen molar-refractivity contribution in [2.45, 2.75) is 45.7 Å². The van der Waals surface area contributed by atoms with E-state index in [2.05, 4.69) is 54.6 Å². The van der Waals surface area contributed by atoms with Crippen molar-refractivity contribution in [3.8, 4) is 0 Å². The standard InChI is InChI=1S/C16H33N3S/c1-5-16(4)13-19(15(12-17-16)14(2)3)7-6-18-8-10-20-11-9-18/h14-15,17H,5-13H2,1-4H3. The lowest BCUT2D eigenvalue weighted by molar-refractivity contribution is 0.0522. The third-order valence-corrected chi connectivity index (χ3v) is 6.06. The van der Waals surface area contributed by atoms with Gasteiger partial charge in [0.15, 0.2) is 0 Å². The molecule has 4 heteroatoms. The second kappa shape index (κ2) is 7.48. The van der Waals surface area contributed by atoms with Gasteiger partial charge in [-0.25, -0.2) is 0 Å². The van der Waals surface area contributed by atoms with Gasteiger partial charge in [0, 0.05) is 62.4 Å². The lowest BCUT2D eigenvalue weighted by atomic mass is 9.90. The van der Waals surface area contributed by atoms with Gasteiger partial charge < -0.3 is 10.2 Å². The Morgan fingerprint density at radius 3 is 2.55 bits per heavy atom. The number of nitrogens with one attached hydrogen (secondary N) is 1. The van der Waals surface area contributed by atoms with Crippen LogP contribution < -0.4 is 5.32 Å². The molecule has 2 saturated heterocycles. The molecule has 0 spiro atoms. The van der Waals surface area contributed by atoms with Gasteiger partial charge in [0.25, 0.3) is 0 Å². The molecule has 2 aliphatic heterocycles. The van der Waals surface area contributed by atoms with E-state index in [1.54, 1.807) is 0 Å². The monoisotopic (exact) mass is 299 g/mol. The number of rotatable bonds is 5. The average molecular weight is 300 g/mol. The van der Waals surface area contributed by atoms with Crippen LogP contribution in [0.3, 0.4) is 0 Å². The van der Waals surface area contributed by atoms with Crippen LogP contribution in [0, 0.1) is 5.92 Å². The Hall–Kier alpha value is 0.230. The smallest absolute Gasteiger partial charge is 0.0278 e. The zero-order valence-corrected chi connectivity index (χ0v) is 14.6. The predicted molar refractivity (Wildman–Crippen MR) is 90.7 cm³/mol. The maximum Gasteiger partial charge on any atom is 0.0278 e. The summed E-state index contributed by atoms with van der Waals surface area (Å²) in [6, 6.07) is 0.703. The summed E-state index contributed by atoms with van der Waals surface area (Å²) in [5, 5.41) is 3.79. The minimum atomic E-state index is 0.309. The minimum absolute atomic E-state index is 0.309. The molecule has 0 radical (unpaired) electrons. The van der Waals surface area contributed by atoms with Gasteiger partial charge >= 0.3 is 0 Å². The lowest BCUT2D eigenvalue weighted by Crippen LogP contribution is -2.64. The van der Waals surface area contributed by atoms with Gasteiger partial charge in [-0.2, -0.15) is 11.8 Å². The van der Waals surface area contributed by atoms with Crippen molar-refractivity contribution in [3.05, 3.63) is 0 Å². The molecule has 0 bridgehead atoms. The molecule has 0 amide bonds. The van der Waals surface area contributed by atoms with Crippen LogP contribution in [0.25, 0.3) is 0 Å². The third-order valence-electron chi connectivity index (χ3n) is 5.12. The molecule has 118 valence electrons. The van der Waals surface area contributed by atoms with Crippen LogP contribution in [0.15, 0.2) is 0 Å². The van der Waals surface area contributed by atoms with E-state index in [0.717, 1.165) is 12.5 Å². The van der Waals surface area contributed by atoms with E-state index in [1.165, 1.54) is 50.7 Å². The molecule has 2 rings (SSSR count). The first kappa shape index (κ1) is 16.6. The molecule has 0 aromatic rings. The number of hydrogen-bond donors (Lipinski definition) is 1. The van der Waals surface area contributed by atoms with E-state index in [4.69, 9.17) is 0 Å². The Balaban J connectivity index is 1.89. The van der Waals surface area contributed by atoms with Crippen LogP contribution in [-0.2, 0) is 0 Å². The highest BCUT2D eigenvalue weighted by molar-refractivity contribution is 7.99. The molecule has 2 aliphatic rings. The second-order valence-electron chi connectivity index (χ2n) is 7.03. The fourth-order valence-corrected chi connectivity index (χ4v) is 4.31. The number of hydrogen-bond acceptors (Lipinski definition) is 4. The second-order valence-corrected chi connectivity index (χ2v) is 8.26. The van der Waals surface area contributed by atoms with Gasteiger partial charge in [-0.1, -0.05) is 20.8 Å². The van der Waals surface area contributed by atoms with Crippen LogP contribution in [0.1, 0.15) is 34.1 Å². The molecule has 2 atom stereocenters. The zero-order chi connectivity index (χ0) is 14.6. The summed E-state index contributed by atoms with van der Waals surface area (Å²) in [7, 11) is 0. The number of piperazine rings is 1. The summed E-state index contributed by atoms with van der Waals surface area (Å²) in [5.74, 6) is 3.38. The average Bonchev–Trinajstić information content (AvgIpc) is 2.46. The predicted octanol–water partition coefficient (Wildman–Crippen LogP) is 2.13. The molecular weight excluding hydrogens is 266 g/mol. The molecular formula is C16H33N3S. The van der Waals surface area contributed by atoms with Crippen molar-refractivity contribution in [3.63, 3.8) is 0 Å². The summed E-state index contributed by atoms with van der Waals surface area (Å²) >= 11 is 2.10. The first-order valence-electron chi connectivity index (χ1n) is 8.33. The first-order valence-corrected chi connectivity index (χ1v) is 9.49. The summed E-state index contributed by atoms with van der Waals surface area (Å²) in [6.07, 6.45) is 1.22. The van der Waals surface area contributed by atoms with Crippen LogP contribution in [-0.4, -0.2) is 72.2 Å². The molecule has 0 aliphatic carbocycles. The van der Waals surface area contributed by atoms with Crippen LogP contribution in [0.4, 0.5) is 0 Å². The van der Waals surface area contributed by atoms with E-state index in [-0.39, 0.29) is 0 Å². The maximum absolute atomic E-state index is 3.79. The van der Waals surface area contributed by atoms with E-state index in [0.29, 0.717) is 11.6 Å². The van der Waals surface area contributed by atoms with Crippen molar-refractivity contribution >= 4 is 11.8 Å². The molecule has 2 fully saturated rings. The Morgan fingerprint density at radius 1 is 1.25 bits per heavy atom. The zero-order valence-electron chi connectivity index (χ0n) is 13.8. The molecule has 2 heterocycles. The fraction of sp³-hybridized carbons (Fsp3) is 1.00. The molecule has 0 saturated carbocycles. The van der Waals surface area contributed by atoms with E-state index in [1.807, 2.05) is 0 Å². The van der Waals surface area contributed by atoms with Gasteiger partial charge in [0.1, 0.15) is 0 Å². The highest BCUT2D eigenvalue weighted by atomic mass is 32.2. The van der Waals surface area contributed by atoms with Crippen LogP contribution >= 0.6 is 11.8 Å². The van der Waals surface area contributed by atoms with Gasteiger partial charge in [0.05, 0.1) is 0 Å². The molecule has 1 N–H and O–H groups in total. The van der Waals surface area contributed by atoms with Gasteiger partial charge in [-0.3, -0.25) is 4.90 Å². The first-order chi connectivity index (χ1) is 9.54. The normalized spacial score (nSPS) is 33.8.